The predicted molar refractivity (Wildman–Crippen MR) is 66.7 cm³/mol. The first kappa shape index (κ1) is 13.9. The van der Waals surface area contributed by atoms with E-state index in [1.54, 1.807) is 13.8 Å². The number of oxazole rings is 1. The lowest BCUT2D eigenvalue weighted by molar-refractivity contribution is -0.139. The average Bonchev–Trinajstić information content (AvgIpc) is 2.75. The van der Waals surface area contributed by atoms with Crippen molar-refractivity contribution in [2.45, 2.75) is 25.9 Å². The molecule has 0 radical (unpaired) electrons. The minimum atomic E-state index is -4.45. The van der Waals surface area contributed by atoms with Gasteiger partial charge in [-0.3, -0.25) is 4.79 Å². The van der Waals surface area contributed by atoms with E-state index in [9.17, 15) is 18.0 Å². The van der Waals surface area contributed by atoms with Crippen molar-refractivity contribution in [3.63, 3.8) is 0 Å². The fourth-order valence-electron chi connectivity index (χ4n) is 2.81. The fourth-order valence-corrected chi connectivity index (χ4v) is 2.81. The highest BCUT2D eigenvalue weighted by atomic mass is 19.4. The van der Waals surface area contributed by atoms with Crippen molar-refractivity contribution in [3.8, 4) is 0 Å². The third-order valence-corrected chi connectivity index (χ3v) is 4.09. The summed E-state index contributed by atoms with van der Waals surface area (Å²) in [6.07, 6.45) is -4.45. The molecule has 1 N–H and O–H groups in total. The number of benzene rings is 1. The summed E-state index contributed by atoms with van der Waals surface area (Å²) in [5.41, 5.74) is -1.00. The highest BCUT2D eigenvalue weighted by Gasteiger charge is 2.65. The van der Waals surface area contributed by atoms with Crippen molar-refractivity contribution in [2.24, 2.45) is 11.3 Å². The first-order chi connectivity index (χ1) is 9.62. The second-order valence-electron chi connectivity index (χ2n) is 5.85. The molecule has 1 aromatic heterocycles. The molecule has 2 unspecified atom stereocenters. The number of hydrogen-bond acceptors (Lipinski definition) is 3. The molecule has 1 fully saturated rings. The molecule has 2 aromatic rings. The van der Waals surface area contributed by atoms with Gasteiger partial charge in [-0.15, -0.1) is 0 Å². The molecule has 0 aliphatic heterocycles. The average molecular weight is 299 g/mol. The summed E-state index contributed by atoms with van der Waals surface area (Å²) >= 11 is 0. The molecule has 1 aromatic carbocycles. The molecule has 0 saturated heterocycles. The minimum Gasteiger partial charge on any atom is -0.481 e. The number of fused-ring (bicyclic) bond motifs is 1. The van der Waals surface area contributed by atoms with Gasteiger partial charge in [0.1, 0.15) is 5.52 Å². The van der Waals surface area contributed by atoms with Crippen LogP contribution in [0.2, 0.25) is 0 Å². The van der Waals surface area contributed by atoms with Crippen molar-refractivity contribution in [1.82, 2.24) is 4.98 Å². The minimum absolute atomic E-state index is 0.0895. The highest BCUT2D eigenvalue weighted by molar-refractivity contribution is 5.78. The van der Waals surface area contributed by atoms with Crippen molar-refractivity contribution < 1.29 is 27.5 Å². The number of carboxylic acid groups (broad SMARTS) is 1. The van der Waals surface area contributed by atoms with Crippen LogP contribution in [-0.4, -0.2) is 16.1 Å². The molecule has 2 atom stereocenters. The zero-order valence-electron chi connectivity index (χ0n) is 11.2. The molecule has 0 amide bonds. The van der Waals surface area contributed by atoms with Gasteiger partial charge in [0.2, 0.25) is 0 Å². The van der Waals surface area contributed by atoms with Gasteiger partial charge in [0, 0.05) is 0 Å². The summed E-state index contributed by atoms with van der Waals surface area (Å²) in [6.45, 7) is 3.54. The Morgan fingerprint density at radius 3 is 2.57 bits per heavy atom. The number of aromatic nitrogens is 1. The summed E-state index contributed by atoms with van der Waals surface area (Å²) < 4.78 is 43.4. The highest BCUT2D eigenvalue weighted by Crippen LogP contribution is 2.64. The van der Waals surface area contributed by atoms with Gasteiger partial charge in [0.05, 0.1) is 17.4 Å². The van der Waals surface area contributed by atoms with Gasteiger partial charge in [-0.05, 0) is 23.6 Å². The molecule has 1 heterocycles. The number of halogens is 3. The molecule has 3 rings (SSSR count). The van der Waals surface area contributed by atoms with Gasteiger partial charge in [0.25, 0.3) is 0 Å². The van der Waals surface area contributed by atoms with Crippen LogP contribution in [0, 0.1) is 11.3 Å². The van der Waals surface area contributed by atoms with E-state index in [2.05, 4.69) is 4.98 Å². The molecule has 21 heavy (non-hydrogen) atoms. The van der Waals surface area contributed by atoms with Gasteiger partial charge in [-0.1, -0.05) is 13.8 Å². The Labute approximate surface area is 117 Å². The van der Waals surface area contributed by atoms with Crippen LogP contribution in [0.1, 0.15) is 31.2 Å². The van der Waals surface area contributed by atoms with E-state index in [0.29, 0.717) is 0 Å². The second kappa shape index (κ2) is 3.99. The zero-order chi connectivity index (χ0) is 15.6. The van der Waals surface area contributed by atoms with E-state index in [-0.39, 0.29) is 17.0 Å². The number of carbonyl (C=O) groups is 1. The Kier molecular flexibility index (Phi) is 2.64. The maximum Gasteiger partial charge on any atom is 0.416 e. The smallest absolute Gasteiger partial charge is 0.416 e. The van der Waals surface area contributed by atoms with Crippen molar-refractivity contribution in [1.29, 1.82) is 0 Å². The normalized spacial score (nSPS) is 24.2. The standard InChI is InChI=1S/C14H12F3NO3/c1-13(2)9(10(13)12(19)20)11-18-7-5-6(14(15,16)17)3-4-8(7)21-11/h3-5,9-10H,1-2H3,(H,19,20). The van der Waals surface area contributed by atoms with E-state index in [4.69, 9.17) is 9.52 Å². The van der Waals surface area contributed by atoms with Crippen LogP contribution in [0.5, 0.6) is 0 Å². The summed E-state index contributed by atoms with van der Waals surface area (Å²) in [6, 6.07) is 3.04. The summed E-state index contributed by atoms with van der Waals surface area (Å²) in [5, 5.41) is 9.13. The summed E-state index contributed by atoms with van der Waals surface area (Å²) in [7, 11) is 0. The summed E-state index contributed by atoms with van der Waals surface area (Å²) in [4.78, 5) is 15.2. The van der Waals surface area contributed by atoms with E-state index < -0.39 is 35.0 Å². The largest absolute Gasteiger partial charge is 0.481 e. The molecule has 112 valence electrons. The van der Waals surface area contributed by atoms with Crippen LogP contribution in [-0.2, 0) is 11.0 Å². The SMILES string of the molecule is CC1(C)C(C(=O)O)C1c1nc2cc(C(F)(F)F)ccc2o1. The number of hydrogen-bond donors (Lipinski definition) is 1. The van der Waals surface area contributed by atoms with Crippen molar-refractivity contribution >= 4 is 17.1 Å². The Bertz CT molecular complexity index is 733. The maximum atomic E-state index is 12.6. The van der Waals surface area contributed by atoms with Gasteiger partial charge in [0.15, 0.2) is 11.5 Å². The third-order valence-electron chi connectivity index (χ3n) is 4.09. The topological polar surface area (TPSA) is 63.3 Å². The Balaban J connectivity index is 2.01. The lowest BCUT2D eigenvalue weighted by Gasteiger charge is -2.04. The van der Waals surface area contributed by atoms with Crippen LogP contribution in [0.15, 0.2) is 22.6 Å². The van der Waals surface area contributed by atoms with E-state index in [1.165, 1.54) is 6.07 Å². The lowest BCUT2D eigenvalue weighted by atomic mass is 10.1. The number of alkyl halides is 3. The lowest BCUT2D eigenvalue weighted by Crippen LogP contribution is -2.04. The monoisotopic (exact) mass is 299 g/mol. The molecule has 1 aliphatic rings. The van der Waals surface area contributed by atoms with Crippen LogP contribution >= 0.6 is 0 Å². The van der Waals surface area contributed by atoms with E-state index >= 15 is 0 Å². The van der Waals surface area contributed by atoms with E-state index in [0.717, 1.165) is 12.1 Å². The molecule has 0 spiro atoms. The Morgan fingerprint density at radius 2 is 2.05 bits per heavy atom. The van der Waals surface area contributed by atoms with Crippen LogP contribution in [0.25, 0.3) is 11.1 Å². The van der Waals surface area contributed by atoms with Crippen molar-refractivity contribution in [2.75, 3.05) is 0 Å². The summed E-state index contributed by atoms with van der Waals surface area (Å²) in [5.74, 6) is -1.82. The molecule has 7 heteroatoms. The molecule has 1 aliphatic carbocycles. The van der Waals surface area contributed by atoms with Gasteiger partial charge in [-0.25, -0.2) is 4.98 Å². The van der Waals surface area contributed by atoms with E-state index in [1.807, 2.05) is 0 Å². The first-order valence-electron chi connectivity index (χ1n) is 6.33. The van der Waals surface area contributed by atoms with Gasteiger partial charge >= 0.3 is 12.1 Å². The number of nitrogens with zero attached hydrogens (tertiary/aromatic N) is 1. The van der Waals surface area contributed by atoms with Crippen molar-refractivity contribution in [3.05, 3.63) is 29.7 Å². The number of rotatable bonds is 2. The molecular weight excluding hydrogens is 287 g/mol. The second-order valence-corrected chi connectivity index (χ2v) is 5.85. The molecule has 0 bridgehead atoms. The fraction of sp³-hybridized carbons (Fsp3) is 0.429. The third kappa shape index (κ3) is 2.07. The number of aliphatic carboxylic acids is 1. The number of carboxylic acids is 1. The molecular formula is C14H12F3NO3. The van der Waals surface area contributed by atoms with Gasteiger partial charge in [-0.2, -0.15) is 13.2 Å². The Morgan fingerprint density at radius 1 is 1.38 bits per heavy atom. The Hall–Kier alpha value is -2.05. The maximum absolute atomic E-state index is 12.6. The van der Waals surface area contributed by atoms with Crippen LogP contribution in [0.4, 0.5) is 13.2 Å². The first-order valence-corrected chi connectivity index (χ1v) is 6.33. The van der Waals surface area contributed by atoms with Crippen LogP contribution in [0.3, 0.4) is 0 Å². The van der Waals surface area contributed by atoms with Gasteiger partial charge < -0.3 is 9.52 Å². The molecule has 4 nitrogen and oxygen atoms in total. The molecule has 1 saturated carbocycles. The zero-order valence-corrected chi connectivity index (χ0v) is 11.2. The quantitative estimate of drug-likeness (QED) is 0.919. The van der Waals surface area contributed by atoms with Crippen LogP contribution < -0.4 is 0 Å². The predicted octanol–water partition coefficient (Wildman–Crippen LogP) is 3.67.